The van der Waals surface area contributed by atoms with E-state index in [9.17, 15) is 4.79 Å². The van der Waals surface area contributed by atoms with Gasteiger partial charge in [0.15, 0.2) is 5.69 Å². The first-order valence-corrected chi connectivity index (χ1v) is 4.52. The van der Waals surface area contributed by atoms with Gasteiger partial charge in [-0.2, -0.15) is 5.10 Å². The van der Waals surface area contributed by atoms with Crippen molar-refractivity contribution < 1.29 is 9.53 Å². The van der Waals surface area contributed by atoms with Gasteiger partial charge < -0.3 is 9.64 Å². The second-order valence-electron chi connectivity index (χ2n) is 3.01. The van der Waals surface area contributed by atoms with Crippen molar-refractivity contribution in [1.82, 2.24) is 15.1 Å². The minimum absolute atomic E-state index is 0.0681. The van der Waals surface area contributed by atoms with Crippen molar-refractivity contribution >= 4 is 5.91 Å². The summed E-state index contributed by atoms with van der Waals surface area (Å²) in [5, 5.41) is 7.44. The average Bonchev–Trinajstić information content (AvgIpc) is 2.30. The van der Waals surface area contributed by atoms with E-state index in [2.05, 4.69) is 10.2 Å². The lowest BCUT2D eigenvalue weighted by Gasteiger charge is -2.26. The van der Waals surface area contributed by atoms with Crippen LogP contribution >= 0.6 is 0 Å². The fraction of sp³-hybridized carbons (Fsp3) is 0.444. The van der Waals surface area contributed by atoms with E-state index in [-0.39, 0.29) is 5.91 Å². The number of hydrogen-bond acceptors (Lipinski definition) is 4. The zero-order valence-corrected chi connectivity index (χ0v) is 7.72. The predicted octanol–water partition coefficient (Wildman–Crippen LogP) is -0.0510. The number of carbonyl (C=O) groups excluding carboxylic acids is 1. The van der Waals surface area contributed by atoms with Gasteiger partial charge in [-0.15, -0.1) is 5.10 Å². The molecule has 1 aromatic rings. The number of carbonyl (C=O) groups is 1. The van der Waals surface area contributed by atoms with E-state index in [0.717, 1.165) is 0 Å². The predicted molar refractivity (Wildman–Crippen MR) is 48.8 cm³/mol. The van der Waals surface area contributed by atoms with Gasteiger partial charge in [-0.3, -0.25) is 4.79 Å². The number of rotatable bonds is 1. The Kier molecular flexibility index (Phi) is 2.69. The van der Waals surface area contributed by atoms with Gasteiger partial charge in [0.05, 0.1) is 13.2 Å². The first-order chi connectivity index (χ1) is 6.88. The van der Waals surface area contributed by atoms with Crippen LogP contribution in [0.4, 0.5) is 0 Å². The van der Waals surface area contributed by atoms with Crippen LogP contribution in [-0.2, 0) is 4.74 Å². The maximum absolute atomic E-state index is 11.8. The molecule has 1 amide bonds. The van der Waals surface area contributed by atoms with Crippen LogP contribution in [0.2, 0.25) is 0 Å². The van der Waals surface area contributed by atoms with Crippen LogP contribution in [0.1, 0.15) is 10.5 Å². The van der Waals surface area contributed by atoms with Crippen LogP contribution in [0.15, 0.2) is 18.3 Å². The molecule has 0 bridgehead atoms. The molecule has 2 rings (SSSR count). The minimum Gasteiger partial charge on any atom is -0.378 e. The second-order valence-corrected chi connectivity index (χ2v) is 3.01. The smallest absolute Gasteiger partial charge is 0.274 e. The third-order valence-electron chi connectivity index (χ3n) is 2.09. The standard InChI is InChI=1S/C9H11N3O2/c13-9(8-2-1-3-10-11-8)12-4-6-14-7-5-12/h1-3H,4-7H2. The van der Waals surface area contributed by atoms with Gasteiger partial charge in [0.25, 0.3) is 5.91 Å². The molecule has 14 heavy (non-hydrogen) atoms. The molecule has 1 aliphatic heterocycles. The quantitative estimate of drug-likeness (QED) is 0.627. The fourth-order valence-electron chi connectivity index (χ4n) is 1.34. The van der Waals surface area contributed by atoms with Crippen LogP contribution < -0.4 is 0 Å². The summed E-state index contributed by atoms with van der Waals surface area (Å²) >= 11 is 0. The van der Waals surface area contributed by atoms with Crippen LogP contribution in [0.3, 0.4) is 0 Å². The molecule has 74 valence electrons. The van der Waals surface area contributed by atoms with Crippen LogP contribution in [0.5, 0.6) is 0 Å². The van der Waals surface area contributed by atoms with Gasteiger partial charge in [-0.05, 0) is 12.1 Å². The third kappa shape index (κ3) is 1.88. The van der Waals surface area contributed by atoms with Gasteiger partial charge in [0.1, 0.15) is 0 Å². The van der Waals surface area contributed by atoms with Gasteiger partial charge in [-0.25, -0.2) is 0 Å². The molecule has 1 aliphatic rings. The molecule has 0 saturated carbocycles. The van der Waals surface area contributed by atoms with E-state index in [1.807, 2.05) is 0 Å². The largest absolute Gasteiger partial charge is 0.378 e. The molecule has 1 aromatic heterocycles. The Balaban J connectivity index is 2.07. The monoisotopic (exact) mass is 193 g/mol. The Bertz CT molecular complexity index is 309. The van der Waals surface area contributed by atoms with Crippen molar-refractivity contribution in [2.45, 2.75) is 0 Å². The lowest BCUT2D eigenvalue weighted by Crippen LogP contribution is -2.41. The lowest BCUT2D eigenvalue weighted by molar-refractivity contribution is 0.0298. The molecule has 2 heterocycles. The summed E-state index contributed by atoms with van der Waals surface area (Å²) in [4.78, 5) is 13.5. The number of ether oxygens (including phenoxy) is 1. The zero-order valence-electron chi connectivity index (χ0n) is 7.72. The highest BCUT2D eigenvalue weighted by Gasteiger charge is 2.19. The van der Waals surface area contributed by atoms with E-state index in [4.69, 9.17) is 4.74 Å². The average molecular weight is 193 g/mol. The van der Waals surface area contributed by atoms with E-state index in [1.54, 1.807) is 23.2 Å². The highest BCUT2D eigenvalue weighted by molar-refractivity contribution is 5.92. The Morgan fingerprint density at radius 3 is 2.86 bits per heavy atom. The Hall–Kier alpha value is -1.49. The molecule has 0 spiro atoms. The topological polar surface area (TPSA) is 55.3 Å². The molecule has 5 nitrogen and oxygen atoms in total. The third-order valence-corrected chi connectivity index (χ3v) is 2.09. The van der Waals surface area contributed by atoms with Crippen molar-refractivity contribution in [3.8, 4) is 0 Å². The Morgan fingerprint density at radius 2 is 2.21 bits per heavy atom. The molecular formula is C9H11N3O2. The Morgan fingerprint density at radius 1 is 1.43 bits per heavy atom. The first kappa shape index (κ1) is 9.08. The first-order valence-electron chi connectivity index (χ1n) is 4.52. The van der Waals surface area contributed by atoms with E-state index >= 15 is 0 Å². The lowest BCUT2D eigenvalue weighted by atomic mass is 10.3. The molecular weight excluding hydrogens is 182 g/mol. The maximum Gasteiger partial charge on any atom is 0.274 e. The normalized spacial score (nSPS) is 16.7. The summed E-state index contributed by atoms with van der Waals surface area (Å²) in [6.07, 6.45) is 1.55. The number of morpholine rings is 1. The van der Waals surface area contributed by atoms with Crippen molar-refractivity contribution in [1.29, 1.82) is 0 Å². The Labute approximate surface area is 81.7 Å². The fourth-order valence-corrected chi connectivity index (χ4v) is 1.34. The van der Waals surface area contributed by atoms with Gasteiger partial charge >= 0.3 is 0 Å². The van der Waals surface area contributed by atoms with Crippen molar-refractivity contribution in [3.63, 3.8) is 0 Å². The number of nitrogens with zero attached hydrogens (tertiary/aromatic N) is 3. The zero-order chi connectivity index (χ0) is 9.80. The van der Waals surface area contributed by atoms with Gasteiger partial charge in [-0.1, -0.05) is 0 Å². The van der Waals surface area contributed by atoms with E-state index in [1.165, 1.54) is 0 Å². The van der Waals surface area contributed by atoms with Gasteiger partial charge in [0.2, 0.25) is 0 Å². The molecule has 0 N–H and O–H groups in total. The van der Waals surface area contributed by atoms with Crippen molar-refractivity contribution in [2.24, 2.45) is 0 Å². The van der Waals surface area contributed by atoms with Gasteiger partial charge in [0, 0.05) is 19.3 Å². The number of amides is 1. The molecule has 0 radical (unpaired) electrons. The maximum atomic E-state index is 11.8. The second kappa shape index (κ2) is 4.15. The molecule has 1 fully saturated rings. The van der Waals surface area contributed by atoms with E-state index < -0.39 is 0 Å². The van der Waals surface area contributed by atoms with Crippen LogP contribution in [-0.4, -0.2) is 47.3 Å². The molecule has 5 heteroatoms. The molecule has 0 aliphatic carbocycles. The summed E-state index contributed by atoms with van der Waals surface area (Å²) in [6.45, 7) is 2.48. The number of hydrogen-bond donors (Lipinski definition) is 0. The summed E-state index contributed by atoms with van der Waals surface area (Å²) < 4.78 is 5.16. The molecule has 0 unspecified atom stereocenters. The van der Waals surface area contributed by atoms with Crippen LogP contribution in [0.25, 0.3) is 0 Å². The highest BCUT2D eigenvalue weighted by atomic mass is 16.5. The highest BCUT2D eigenvalue weighted by Crippen LogP contribution is 2.03. The van der Waals surface area contributed by atoms with Crippen LogP contribution in [0, 0.1) is 0 Å². The molecule has 0 atom stereocenters. The van der Waals surface area contributed by atoms with Crippen molar-refractivity contribution in [3.05, 3.63) is 24.0 Å². The summed E-state index contributed by atoms with van der Waals surface area (Å²) in [5.74, 6) is -0.0681. The molecule has 1 saturated heterocycles. The summed E-state index contributed by atoms with van der Waals surface area (Å²) in [5.41, 5.74) is 0.398. The SMILES string of the molecule is O=C(c1cccnn1)N1CCOCC1. The summed E-state index contributed by atoms with van der Waals surface area (Å²) in [6, 6.07) is 3.38. The summed E-state index contributed by atoms with van der Waals surface area (Å²) in [7, 11) is 0. The number of aromatic nitrogens is 2. The van der Waals surface area contributed by atoms with Crippen molar-refractivity contribution in [2.75, 3.05) is 26.3 Å². The van der Waals surface area contributed by atoms with E-state index in [0.29, 0.717) is 32.0 Å². The molecule has 0 aromatic carbocycles. The minimum atomic E-state index is -0.0681.